The number of carboxylic acids is 1. The minimum Gasteiger partial charge on any atom is -0.480 e. The third-order valence-corrected chi connectivity index (χ3v) is 3.78. The maximum Gasteiger partial charge on any atom is 0.326 e. The van der Waals surface area contributed by atoms with Gasteiger partial charge >= 0.3 is 11.6 Å². The Balaban J connectivity index is 2.71. The minimum atomic E-state index is -1.66. The van der Waals surface area contributed by atoms with Crippen molar-refractivity contribution in [1.29, 1.82) is 0 Å². The van der Waals surface area contributed by atoms with E-state index < -0.39 is 21.8 Å². The van der Waals surface area contributed by atoms with E-state index in [2.05, 4.69) is 5.32 Å². The summed E-state index contributed by atoms with van der Waals surface area (Å²) in [6, 6.07) is 0. The SMILES string of the molecule is CCCCCNC1([N+](=O)[O-])C=CSC1C(=O)O. The largest absolute Gasteiger partial charge is 0.480 e. The zero-order valence-corrected chi connectivity index (χ0v) is 10.4. The van der Waals surface area contributed by atoms with Gasteiger partial charge in [0.15, 0.2) is 5.25 Å². The van der Waals surface area contributed by atoms with Gasteiger partial charge < -0.3 is 5.11 Å². The number of nitro groups is 1. The molecule has 0 aromatic heterocycles. The molecule has 0 bridgehead atoms. The molecule has 0 aromatic rings. The smallest absolute Gasteiger partial charge is 0.326 e. The molecule has 0 fully saturated rings. The van der Waals surface area contributed by atoms with Crippen LogP contribution in [0.1, 0.15) is 26.2 Å². The van der Waals surface area contributed by atoms with E-state index in [4.69, 9.17) is 5.11 Å². The average Bonchev–Trinajstić information content (AvgIpc) is 2.69. The van der Waals surface area contributed by atoms with Crippen LogP contribution < -0.4 is 5.32 Å². The fraction of sp³-hybridized carbons (Fsp3) is 0.700. The lowest BCUT2D eigenvalue weighted by Gasteiger charge is -2.24. The molecule has 0 aromatic carbocycles. The maximum absolute atomic E-state index is 11.1. The fourth-order valence-corrected chi connectivity index (χ4v) is 2.71. The average molecular weight is 260 g/mol. The second kappa shape index (κ2) is 6.02. The van der Waals surface area contributed by atoms with E-state index in [1.54, 1.807) is 0 Å². The zero-order valence-electron chi connectivity index (χ0n) is 9.59. The molecule has 17 heavy (non-hydrogen) atoms. The van der Waals surface area contributed by atoms with Gasteiger partial charge in [-0.25, -0.2) is 5.32 Å². The summed E-state index contributed by atoms with van der Waals surface area (Å²) < 4.78 is 0. The van der Waals surface area contributed by atoms with E-state index in [9.17, 15) is 14.9 Å². The monoisotopic (exact) mass is 260 g/mol. The van der Waals surface area contributed by atoms with Crippen molar-refractivity contribution in [3.05, 3.63) is 21.6 Å². The first-order valence-electron chi connectivity index (χ1n) is 5.50. The van der Waals surface area contributed by atoms with Gasteiger partial charge in [0.1, 0.15) is 0 Å². The molecule has 0 radical (unpaired) electrons. The summed E-state index contributed by atoms with van der Waals surface area (Å²) in [4.78, 5) is 21.6. The van der Waals surface area contributed by atoms with Crippen molar-refractivity contribution in [3.63, 3.8) is 0 Å². The number of nitrogens with one attached hydrogen (secondary N) is 1. The van der Waals surface area contributed by atoms with Crippen LogP contribution in [0.5, 0.6) is 0 Å². The van der Waals surface area contributed by atoms with Crippen LogP contribution in [-0.2, 0) is 4.79 Å². The Morgan fingerprint density at radius 3 is 2.88 bits per heavy atom. The van der Waals surface area contributed by atoms with Gasteiger partial charge in [-0.3, -0.25) is 14.9 Å². The van der Waals surface area contributed by atoms with Gasteiger partial charge in [-0.1, -0.05) is 19.8 Å². The molecule has 0 aliphatic carbocycles. The summed E-state index contributed by atoms with van der Waals surface area (Å²) in [5, 5.41) is 23.3. The van der Waals surface area contributed by atoms with E-state index in [0.717, 1.165) is 31.0 Å². The molecule has 2 unspecified atom stereocenters. The van der Waals surface area contributed by atoms with Gasteiger partial charge in [0, 0.05) is 17.5 Å². The first kappa shape index (κ1) is 14.0. The summed E-state index contributed by atoms with van der Waals surface area (Å²) >= 11 is 0.965. The Bertz CT molecular complexity index is 334. The Kier molecular flexibility index (Phi) is 4.95. The van der Waals surface area contributed by atoms with Crippen molar-refractivity contribution >= 4 is 17.7 Å². The predicted octanol–water partition coefficient (Wildman–Crippen LogP) is 1.45. The fourth-order valence-electron chi connectivity index (χ4n) is 1.70. The van der Waals surface area contributed by atoms with Gasteiger partial charge in [-0.05, 0) is 11.8 Å². The van der Waals surface area contributed by atoms with E-state index in [0.29, 0.717) is 6.54 Å². The molecule has 0 amide bonds. The molecule has 1 rings (SSSR count). The topological polar surface area (TPSA) is 92.5 Å². The molecule has 1 aliphatic heterocycles. The second-order valence-corrected chi connectivity index (χ2v) is 4.89. The molecule has 6 nitrogen and oxygen atoms in total. The van der Waals surface area contributed by atoms with Crippen LogP contribution in [0.2, 0.25) is 0 Å². The predicted molar refractivity (Wildman–Crippen MR) is 65.4 cm³/mol. The summed E-state index contributed by atoms with van der Waals surface area (Å²) in [7, 11) is 0. The standard InChI is InChI=1S/C10H16N2O4S/c1-2-3-4-6-11-10(12(15)16)5-7-17-8(10)9(13)14/h5,7-8,11H,2-4,6H2,1H3,(H,13,14). The molecule has 1 aliphatic rings. The normalized spacial score (nSPS) is 27.2. The summed E-state index contributed by atoms with van der Waals surface area (Å²) in [6.45, 7) is 2.48. The first-order valence-corrected chi connectivity index (χ1v) is 6.44. The molecule has 96 valence electrons. The van der Waals surface area contributed by atoms with Gasteiger partial charge in [0.05, 0.1) is 0 Å². The summed E-state index contributed by atoms with van der Waals surface area (Å²) in [6.07, 6.45) is 4.12. The lowest BCUT2D eigenvalue weighted by Crippen LogP contribution is -2.58. The highest BCUT2D eigenvalue weighted by Gasteiger charge is 2.55. The third-order valence-electron chi connectivity index (χ3n) is 2.65. The van der Waals surface area contributed by atoms with Gasteiger partial charge in [0.2, 0.25) is 0 Å². The maximum atomic E-state index is 11.1. The number of hydrogen-bond acceptors (Lipinski definition) is 5. The van der Waals surface area contributed by atoms with Crippen LogP contribution in [0.3, 0.4) is 0 Å². The molecular weight excluding hydrogens is 244 g/mol. The van der Waals surface area contributed by atoms with Crippen molar-refractivity contribution in [3.8, 4) is 0 Å². The van der Waals surface area contributed by atoms with Crippen molar-refractivity contribution in [2.24, 2.45) is 0 Å². The lowest BCUT2D eigenvalue weighted by molar-refractivity contribution is -0.559. The Morgan fingerprint density at radius 2 is 2.35 bits per heavy atom. The summed E-state index contributed by atoms with van der Waals surface area (Å²) in [5.41, 5.74) is -1.66. The van der Waals surface area contributed by atoms with Crippen molar-refractivity contribution in [1.82, 2.24) is 5.32 Å². The Labute approximate surface area is 104 Å². The highest BCUT2D eigenvalue weighted by atomic mass is 32.2. The van der Waals surface area contributed by atoms with Crippen LogP contribution in [0.15, 0.2) is 11.5 Å². The number of hydrogen-bond donors (Lipinski definition) is 2. The molecule has 0 saturated heterocycles. The van der Waals surface area contributed by atoms with Crippen LogP contribution in [0, 0.1) is 10.1 Å². The number of nitrogens with zero attached hydrogens (tertiary/aromatic N) is 1. The molecule has 2 atom stereocenters. The van der Waals surface area contributed by atoms with Crippen LogP contribution in [-0.4, -0.2) is 33.5 Å². The Hall–Kier alpha value is -1.08. The highest BCUT2D eigenvalue weighted by Crippen LogP contribution is 2.34. The number of rotatable bonds is 7. The van der Waals surface area contributed by atoms with Crippen LogP contribution in [0.25, 0.3) is 0 Å². The first-order chi connectivity index (χ1) is 8.04. The van der Waals surface area contributed by atoms with E-state index >= 15 is 0 Å². The van der Waals surface area contributed by atoms with Crippen LogP contribution in [0.4, 0.5) is 0 Å². The number of unbranched alkanes of at least 4 members (excludes halogenated alkanes) is 2. The van der Waals surface area contributed by atoms with E-state index in [1.165, 1.54) is 11.5 Å². The summed E-state index contributed by atoms with van der Waals surface area (Å²) in [5.74, 6) is -1.17. The van der Waals surface area contributed by atoms with E-state index in [1.807, 2.05) is 6.92 Å². The molecule has 0 saturated carbocycles. The van der Waals surface area contributed by atoms with Crippen molar-refractivity contribution in [2.75, 3.05) is 6.54 Å². The van der Waals surface area contributed by atoms with Gasteiger partial charge in [0.25, 0.3) is 0 Å². The van der Waals surface area contributed by atoms with Crippen molar-refractivity contribution in [2.45, 2.75) is 37.1 Å². The van der Waals surface area contributed by atoms with Gasteiger partial charge in [-0.2, -0.15) is 0 Å². The molecule has 2 N–H and O–H groups in total. The van der Waals surface area contributed by atoms with E-state index in [-0.39, 0.29) is 0 Å². The zero-order chi connectivity index (χ0) is 12.9. The second-order valence-electron chi connectivity index (χ2n) is 3.87. The molecular formula is C10H16N2O4S. The number of thioether (sulfide) groups is 1. The number of carbonyl (C=O) groups is 1. The van der Waals surface area contributed by atoms with Gasteiger partial charge in [-0.15, -0.1) is 11.8 Å². The number of carboxylic acid groups (broad SMARTS) is 1. The lowest BCUT2D eigenvalue weighted by atomic mass is 10.1. The third kappa shape index (κ3) is 2.98. The minimum absolute atomic E-state index is 0.448. The molecule has 0 spiro atoms. The molecule has 7 heteroatoms. The quantitative estimate of drug-likeness (QED) is 0.311. The Morgan fingerprint density at radius 1 is 1.65 bits per heavy atom. The van der Waals surface area contributed by atoms with Crippen LogP contribution >= 0.6 is 11.8 Å². The van der Waals surface area contributed by atoms with Crippen molar-refractivity contribution < 1.29 is 14.8 Å². The molecule has 1 heterocycles. The highest BCUT2D eigenvalue weighted by molar-refractivity contribution is 8.03. The number of aliphatic carboxylic acids is 1.